The molecule has 138 valence electrons. The van der Waals surface area contributed by atoms with Crippen LogP contribution in [0.3, 0.4) is 0 Å². The summed E-state index contributed by atoms with van der Waals surface area (Å²) in [7, 11) is 0. The zero-order valence-electron chi connectivity index (χ0n) is 14.6. The van der Waals surface area contributed by atoms with E-state index in [0.717, 1.165) is 5.56 Å². The van der Waals surface area contributed by atoms with E-state index in [0.29, 0.717) is 17.9 Å². The standard InChI is InChI=1S/C19H17FN4O3/c1-13-22-18(21-11-14-6-3-2-4-7-14)17(24(26)27)19(25)23(13)12-15-8-5-9-16(20)10-15/h2-10,21H,11-12H2,1H3. The van der Waals surface area contributed by atoms with E-state index >= 15 is 0 Å². The molecule has 0 fully saturated rings. The molecule has 0 radical (unpaired) electrons. The maximum atomic E-state index is 13.4. The third kappa shape index (κ3) is 4.17. The third-order valence-electron chi connectivity index (χ3n) is 4.05. The summed E-state index contributed by atoms with van der Waals surface area (Å²) in [5.74, 6) is -0.228. The van der Waals surface area contributed by atoms with Crippen LogP contribution in [0, 0.1) is 22.9 Å². The van der Waals surface area contributed by atoms with Crippen molar-refractivity contribution in [1.82, 2.24) is 9.55 Å². The van der Waals surface area contributed by atoms with Gasteiger partial charge in [0.25, 0.3) is 0 Å². The van der Waals surface area contributed by atoms with Crippen LogP contribution in [0.25, 0.3) is 0 Å². The van der Waals surface area contributed by atoms with Gasteiger partial charge < -0.3 is 5.32 Å². The normalized spacial score (nSPS) is 10.6. The number of hydrogen-bond acceptors (Lipinski definition) is 5. The number of nitrogens with zero attached hydrogens (tertiary/aromatic N) is 3. The molecule has 3 aromatic rings. The van der Waals surface area contributed by atoms with E-state index in [4.69, 9.17) is 0 Å². The van der Waals surface area contributed by atoms with Crippen LogP contribution >= 0.6 is 0 Å². The van der Waals surface area contributed by atoms with Crippen LogP contribution in [0.4, 0.5) is 15.9 Å². The molecular weight excluding hydrogens is 351 g/mol. The summed E-state index contributed by atoms with van der Waals surface area (Å²) in [4.78, 5) is 27.6. The van der Waals surface area contributed by atoms with Gasteiger partial charge >= 0.3 is 11.2 Å². The Bertz CT molecular complexity index is 1030. The number of aryl methyl sites for hydroxylation is 1. The summed E-state index contributed by atoms with van der Waals surface area (Å²) in [5, 5.41) is 14.3. The monoisotopic (exact) mass is 368 g/mol. The molecule has 27 heavy (non-hydrogen) atoms. The molecule has 0 aliphatic heterocycles. The van der Waals surface area contributed by atoms with Crippen LogP contribution in [0.5, 0.6) is 0 Å². The highest BCUT2D eigenvalue weighted by molar-refractivity contribution is 5.55. The second-order valence-corrected chi connectivity index (χ2v) is 5.97. The summed E-state index contributed by atoms with van der Waals surface area (Å²) >= 11 is 0. The van der Waals surface area contributed by atoms with Gasteiger partial charge in [-0.25, -0.2) is 9.37 Å². The Kier molecular flexibility index (Phi) is 5.25. The van der Waals surface area contributed by atoms with Crippen LogP contribution in [-0.4, -0.2) is 14.5 Å². The van der Waals surface area contributed by atoms with E-state index in [2.05, 4.69) is 10.3 Å². The maximum Gasteiger partial charge on any atom is 0.375 e. The molecule has 1 aromatic heterocycles. The molecule has 0 saturated carbocycles. The van der Waals surface area contributed by atoms with Crippen molar-refractivity contribution in [2.75, 3.05) is 5.32 Å². The number of halogens is 1. The number of benzene rings is 2. The number of anilines is 1. The van der Waals surface area contributed by atoms with Crippen molar-refractivity contribution in [3.63, 3.8) is 0 Å². The van der Waals surface area contributed by atoms with Crippen molar-refractivity contribution in [3.05, 3.63) is 97.8 Å². The van der Waals surface area contributed by atoms with E-state index in [1.54, 1.807) is 13.0 Å². The molecule has 0 aliphatic carbocycles. The molecule has 0 atom stereocenters. The maximum absolute atomic E-state index is 13.4. The van der Waals surface area contributed by atoms with E-state index in [1.807, 2.05) is 30.3 Å². The highest BCUT2D eigenvalue weighted by atomic mass is 19.1. The molecule has 0 bridgehead atoms. The zero-order chi connectivity index (χ0) is 19.4. The first-order valence-electron chi connectivity index (χ1n) is 8.24. The molecule has 0 saturated heterocycles. The SMILES string of the molecule is Cc1nc(NCc2ccccc2)c([N+](=O)[O-])c(=O)n1Cc1cccc(F)c1. The number of rotatable bonds is 6. The van der Waals surface area contributed by atoms with E-state index in [1.165, 1.54) is 22.8 Å². The first kappa shape index (κ1) is 18.2. The summed E-state index contributed by atoms with van der Waals surface area (Å²) in [6.45, 7) is 1.87. The van der Waals surface area contributed by atoms with Crippen molar-refractivity contribution >= 4 is 11.5 Å². The smallest absolute Gasteiger partial charge is 0.360 e. The lowest BCUT2D eigenvalue weighted by Crippen LogP contribution is -2.28. The molecular formula is C19H17FN4O3. The lowest BCUT2D eigenvalue weighted by molar-refractivity contribution is -0.385. The van der Waals surface area contributed by atoms with Gasteiger partial charge in [0.1, 0.15) is 11.6 Å². The molecule has 0 amide bonds. The van der Waals surface area contributed by atoms with Crippen LogP contribution in [0.2, 0.25) is 0 Å². The Morgan fingerprint density at radius 2 is 1.85 bits per heavy atom. The van der Waals surface area contributed by atoms with Gasteiger partial charge in [0.2, 0.25) is 5.82 Å². The Labute approximate surface area is 154 Å². The van der Waals surface area contributed by atoms with E-state index in [-0.39, 0.29) is 12.4 Å². The molecule has 3 rings (SSSR count). The minimum atomic E-state index is -0.785. The van der Waals surface area contributed by atoms with Gasteiger partial charge in [-0.2, -0.15) is 0 Å². The molecule has 7 nitrogen and oxygen atoms in total. The fraction of sp³-hybridized carbons (Fsp3) is 0.158. The van der Waals surface area contributed by atoms with Crippen molar-refractivity contribution in [1.29, 1.82) is 0 Å². The van der Waals surface area contributed by atoms with Crippen LogP contribution < -0.4 is 10.9 Å². The lowest BCUT2D eigenvalue weighted by Gasteiger charge is -2.12. The highest BCUT2D eigenvalue weighted by Crippen LogP contribution is 2.19. The van der Waals surface area contributed by atoms with Gasteiger partial charge in [-0.05, 0) is 30.2 Å². The fourth-order valence-electron chi connectivity index (χ4n) is 2.72. The van der Waals surface area contributed by atoms with E-state index < -0.39 is 22.0 Å². The van der Waals surface area contributed by atoms with Gasteiger partial charge in [-0.15, -0.1) is 0 Å². The van der Waals surface area contributed by atoms with Gasteiger partial charge in [0.05, 0.1) is 11.5 Å². The molecule has 0 aliphatic rings. The second-order valence-electron chi connectivity index (χ2n) is 5.97. The summed E-state index contributed by atoms with van der Waals surface area (Å²) < 4.78 is 14.6. The summed E-state index contributed by atoms with van der Waals surface area (Å²) in [6, 6.07) is 15.0. The molecule has 1 heterocycles. The van der Waals surface area contributed by atoms with Crippen molar-refractivity contribution in [3.8, 4) is 0 Å². The molecule has 1 N–H and O–H groups in total. The minimum Gasteiger partial charge on any atom is -0.360 e. The van der Waals surface area contributed by atoms with Crippen LogP contribution in [-0.2, 0) is 13.1 Å². The lowest BCUT2D eigenvalue weighted by atomic mass is 10.2. The second kappa shape index (κ2) is 7.77. The van der Waals surface area contributed by atoms with Crippen molar-refractivity contribution < 1.29 is 9.31 Å². The van der Waals surface area contributed by atoms with Gasteiger partial charge in [0.15, 0.2) is 0 Å². The fourth-order valence-corrected chi connectivity index (χ4v) is 2.72. The molecule has 2 aromatic carbocycles. The minimum absolute atomic E-state index is 0.00473. The van der Waals surface area contributed by atoms with Gasteiger partial charge in [0, 0.05) is 6.54 Å². The average molecular weight is 368 g/mol. The number of hydrogen-bond donors (Lipinski definition) is 1. The Balaban J connectivity index is 1.96. The molecule has 0 spiro atoms. The quantitative estimate of drug-likeness (QED) is 0.533. The first-order chi connectivity index (χ1) is 13.0. The van der Waals surface area contributed by atoms with Crippen molar-refractivity contribution in [2.24, 2.45) is 0 Å². The summed E-state index contributed by atoms with van der Waals surface area (Å²) in [5.41, 5.74) is -0.00302. The van der Waals surface area contributed by atoms with Crippen LogP contribution in [0.15, 0.2) is 59.4 Å². The average Bonchev–Trinajstić information content (AvgIpc) is 2.64. The Morgan fingerprint density at radius 3 is 2.52 bits per heavy atom. The van der Waals surface area contributed by atoms with Crippen LogP contribution in [0.1, 0.15) is 17.0 Å². The van der Waals surface area contributed by atoms with Crippen molar-refractivity contribution in [2.45, 2.75) is 20.0 Å². The Hall–Kier alpha value is -3.55. The Morgan fingerprint density at radius 1 is 1.15 bits per heavy atom. The van der Waals surface area contributed by atoms with Gasteiger partial charge in [-0.1, -0.05) is 42.5 Å². The summed E-state index contributed by atoms with van der Waals surface area (Å²) in [6.07, 6.45) is 0. The molecule has 0 unspecified atom stereocenters. The largest absolute Gasteiger partial charge is 0.375 e. The third-order valence-corrected chi connectivity index (χ3v) is 4.05. The number of aromatic nitrogens is 2. The number of nitrogens with one attached hydrogen (secondary N) is 1. The zero-order valence-corrected chi connectivity index (χ0v) is 14.6. The van der Waals surface area contributed by atoms with E-state index in [9.17, 15) is 19.3 Å². The predicted molar refractivity (Wildman–Crippen MR) is 99.2 cm³/mol. The first-order valence-corrected chi connectivity index (χ1v) is 8.24. The topological polar surface area (TPSA) is 90.1 Å². The highest BCUT2D eigenvalue weighted by Gasteiger charge is 2.24. The number of nitro groups is 1. The predicted octanol–water partition coefficient (Wildman–Crippen LogP) is 3.26. The van der Waals surface area contributed by atoms with Gasteiger partial charge in [-0.3, -0.25) is 19.5 Å². The molecule has 8 heteroatoms.